The Morgan fingerprint density at radius 2 is 2.09 bits per heavy atom. The Morgan fingerprint density at radius 1 is 1.14 bits per heavy atom. The van der Waals surface area contributed by atoms with Crippen LogP contribution in [0.1, 0.15) is 5.69 Å². The van der Waals surface area contributed by atoms with Gasteiger partial charge in [-0.1, -0.05) is 23.7 Å². The number of benzene rings is 1. The molecule has 1 aromatic carbocycles. The minimum Gasteiger partial charge on any atom is -0.353 e. The summed E-state index contributed by atoms with van der Waals surface area (Å²) in [4.78, 5) is 12.7. The van der Waals surface area contributed by atoms with Crippen LogP contribution in [0.15, 0.2) is 49.1 Å². The summed E-state index contributed by atoms with van der Waals surface area (Å²) in [7, 11) is 0. The molecule has 22 heavy (non-hydrogen) atoms. The van der Waals surface area contributed by atoms with Crippen molar-refractivity contribution in [3.8, 4) is 11.3 Å². The molecule has 0 fully saturated rings. The van der Waals surface area contributed by atoms with Crippen LogP contribution in [0.25, 0.3) is 11.3 Å². The summed E-state index contributed by atoms with van der Waals surface area (Å²) in [6, 6.07) is 7.47. The molecule has 0 aliphatic carbocycles. The maximum Gasteiger partial charge on any atom is 0.243 e. The van der Waals surface area contributed by atoms with Crippen molar-refractivity contribution in [2.45, 2.75) is 6.42 Å². The highest BCUT2D eigenvalue weighted by molar-refractivity contribution is 6.30. The fourth-order valence-corrected chi connectivity index (χ4v) is 2.12. The monoisotopic (exact) mass is 312 g/mol. The van der Waals surface area contributed by atoms with Gasteiger partial charge < -0.3 is 5.32 Å². The molecule has 0 aliphatic rings. The first kappa shape index (κ1) is 14.3. The molecule has 2 aromatic heterocycles. The highest BCUT2D eigenvalue weighted by Gasteiger charge is 2.04. The smallest absolute Gasteiger partial charge is 0.243 e. The Morgan fingerprint density at radius 3 is 2.91 bits per heavy atom. The van der Waals surface area contributed by atoms with E-state index in [1.807, 2.05) is 24.3 Å². The van der Waals surface area contributed by atoms with Crippen LogP contribution in [0.2, 0.25) is 5.02 Å². The summed E-state index contributed by atoms with van der Waals surface area (Å²) in [5.41, 5.74) is 2.54. The van der Waals surface area contributed by atoms with Crippen LogP contribution in [-0.2, 0) is 6.42 Å². The summed E-state index contributed by atoms with van der Waals surface area (Å²) in [6.07, 6.45) is 7.41. The van der Waals surface area contributed by atoms with Crippen LogP contribution in [0.5, 0.6) is 0 Å². The average Bonchev–Trinajstić information content (AvgIpc) is 2.56. The Labute approximate surface area is 132 Å². The summed E-state index contributed by atoms with van der Waals surface area (Å²) in [5, 5.41) is 11.7. The van der Waals surface area contributed by atoms with Crippen molar-refractivity contribution in [1.29, 1.82) is 0 Å². The van der Waals surface area contributed by atoms with Gasteiger partial charge in [0.2, 0.25) is 5.95 Å². The zero-order valence-electron chi connectivity index (χ0n) is 11.6. The third-order valence-corrected chi connectivity index (χ3v) is 3.20. The minimum absolute atomic E-state index is 0.473. The molecule has 0 amide bonds. The average molecular weight is 313 g/mol. The standard InChI is InChI=1S/C15H13ClN6/c16-12-3-1-2-11(8-12)14-10-20-22-15(21-14)19-5-4-13-9-17-6-7-18-13/h1-3,6-10H,4-5H2,(H,19,21,22). The highest BCUT2D eigenvalue weighted by atomic mass is 35.5. The van der Waals surface area contributed by atoms with E-state index >= 15 is 0 Å². The summed E-state index contributed by atoms with van der Waals surface area (Å²) in [5.74, 6) is 0.473. The first-order valence-electron chi connectivity index (χ1n) is 6.76. The topological polar surface area (TPSA) is 76.5 Å². The van der Waals surface area contributed by atoms with E-state index in [4.69, 9.17) is 11.6 Å². The molecule has 0 bridgehead atoms. The van der Waals surface area contributed by atoms with Gasteiger partial charge in [0.1, 0.15) is 0 Å². The van der Waals surface area contributed by atoms with Gasteiger partial charge in [-0.25, -0.2) is 4.98 Å². The molecule has 3 aromatic rings. The van der Waals surface area contributed by atoms with Crippen LogP contribution >= 0.6 is 11.6 Å². The molecule has 110 valence electrons. The van der Waals surface area contributed by atoms with Crippen LogP contribution < -0.4 is 5.32 Å². The van der Waals surface area contributed by atoms with E-state index in [1.165, 1.54) is 0 Å². The normalized spacial score (nSPS) is 10.4. The van der Waals surface area contributed by atoms with E-state index in [9.17, 15) is 0 Å². The van der Waals surface area contributed by atoms with E-state index in [0.29, 0.717) is 17.5 Å². The molecule has 0 unspecified atom stereocenters. The van der Waals surface area contributed by atoms with Crippen molar-refractivity contribution < 1.29 is 0 Å². The molecule has 0 atom stereocenters. The summed E-state index contributed by atoms with van der Waals surface area (Å²) < 4.78 is 0. The quantitative estimate of drug-likeness (QED) is 0.780. The third-order valence-electron chi connectivity index (χ3n) is 2.96. The van der Waals surface area contributed by atoms with Crippen molar-refractivity contribution >= 4 is 17.5 Å². The fourth-order valence-electron chi connectivity index (χ4n) is 1.93. The molecular formula is C15H13ClN6. The zero-order chi connectivity index (χ0) is 15.2. The lowest BCUT2D eigenvalue weighted by molar-refractivity contribution is 0.901. The van der Waals surface area contributed by atoms with Crippen molar-refractivity contribution in [2.24, 2.45) is 0 Å². The van der Waals surface area contributed by atoms with E-state index < -0.39 is 0 Å². The number of halogens is 1. The van der Waals surface area contributed by atoms with Gasteiger partial charge in [0.05, 0.1) is 17.6 Å². The second-order valence-electron chi connectivity index (χ2n) is 4.55. The molecular weight excluding hydrogens is 300 g/mol. The number of hydrogen-bond acceptors (Lipinski definition) is 6. The van der Waals surface area contributed by atoms with Crippen LogP contribution in [0, 0.1) is 0 Å². The Bertz CT molecular complexity index is 750. The van der Waals surface area contributed by atoms with Gasteiger partial charge in [-0.05, 0) is 12.1 Å². The van der Waals surface area contributed by atoms with Gasteiger partial charge in [0.25, 0.3) is 0 Å². The Balaban J connectivity index is 1.66. The molecule has 1 N–H and O–H groups in total. The summed E-state index contributed by atoms with van der Waals surface area (Å²) >= 11 is 5.99. The van der Waals surface area contributed by atoms with Crippen molar-refractivity contribution in [2.75, 3.05) is 11.9 Å². The molecule has 0 radical (unpaired) electrons. The maximum absolute atomic E-state index is 5.99. The number of aromatic nitrogens is 5. The van der Waals surface area contributed by atoms with Gasteiger partial charge in [0, 0.05) is 42.1 Å². The van der Waals surface area contributed by atoms with E-state index in [1.54, 1.807) is 24.8 Å². The number of nitrogens with one attached hydrogen (secondary N) is 1. The lowest BCUT2D eigenvalue weighted by Crippen LogP contribution is -2.10. The number of anilines is 1. The summed E-state index contributed by atoms with van der Waals surface area (Å²) in [6.45, 7) is 0.652. The Hall–Kier alpha value is -2.60. The first-order valence-corrected chi connectivity index (χ1v) is 7.13. The fraction of sp³-hybridized carbons (Fsp3) is 0.133. The van der Waals surface area contributed by atoms with Crippen LogP contribution in [0.4, 0.5) is 5.95 Å². The third kappa shape index (κ3) is 3.73. The Kier molecular flexibility index (Phi) is 4.50. The van der Waals surface area contributed by atoms with Crippen molar-refractivity contribution in [3.05, 3.63) is 59.8 Å². The van der Waals surface area contributed by atoms with Gasteiger partial charge in [-0.15, -0.1) is 5.10 Å². The first-order chi connectivity index (χ1) is 10.8. The lowest BCUT2D eigenvalue weighted by atomic mass is 10.2. The second-order valence-corrected chi connectivity index (χ2v) is 4.99. The maximum atomic E-state index is 5.99. The van der Waals surface area contributed by atoms with Gasteiger partial charge in [-0.2, -0.15) is 5.10 Å². The number of nitrogens with zero attached hydrogens (tertiary/aromatic N) is 5. The SMILES string of the molecule is Clc1cccc(-c2cnnc(NCCc3cnccn3)n2)c1. The molecule has 3 rings (SSSR count). The predicted octanol–water partition coefficient (Wildman–Crippen LogP) is 2.64. The van der Waals surface area contributed by atoms with Gasteiger partial charge in [0.15, 0.2) is 0 Å². The van der Waals surface area contributed by atoms with Crippen LogP contribution in [-0.4, -0.2) is 31.7 Å². The van der Waals surface area contributed by atoms with Crippen LogP contribution in [0.3, 0.4) is 0 Å². The molecule has 0 spiro atoms. The van der Waals surface area contributed by atoms with Crippen molar-refractivity contribution in [3.63, 3.8) is 0 Å². The van der Waals surface area contributed by atoms with Crippen molar-refractivity contribution in [1.82, 2.24) is 25.1 Å². The van der Waals surface area contributed by atoms with E-state index in [0.717, 1.165) is 23.4 Å². The van der Waals surface area contributed by atoms with E-state index in [2.05, 4.69) is 30.5 Å². The number of hydrogen-bond donors (Lipinski definition) is 1. The molecule has 2 heterocycles. The minimum atomic E-state index is 0.473. The zero-order valence-corrected chi connectivity index (χ0v) is 12.4. The second kappa shape index (κ2) is 6.91. The molecule has 0 aliphatic heterocycles. The molecule has 6 nitrogen and oxygen atoms in total. The molecule has 7 heteroatoms. The molecule has 0 saturated heterocycles. The lowest BCUT2D eigenvalue weighted by Gasteiger charge is -2.05. The van der Waals surface area contributed by atoms with Gasteiger partial charge >= 0.3 is 0 Å². The van der Waals surface area contributed by atoms with Gasteiger partial charge in [-0.3, -0.25) is 9.97 Å². The molecule has 0 saturated carbocycles. The number of rotatable bonds is 5. The van der Waals surface area contributed by atoms with E-state index in [-0.39, 0.29) is 0 Å². The predicted molar refractivity (Wildman–Crippen MR) is 84.5 cm³/mol. The largest absolute Gasteiger partial charge is 0.353 e. The highest BCUT2D eigenvalue weighted by Crippen LogP contribution is 2.20.